The van der Waals surface area contributed by atoms with Crippen molar-refractivity contribution in [2.75, 3.05) is 38.2 Å². The van der Waals surface area contributed by atoms with Gasteiger partial charge in [-0.05, 0) is 41.8 Å². The lowest BCUT2D eigenvalue weighted by atomic mass is 10.1. The van der Waals surface area contributed by atoms with Crippen LogP contribution in [0.2, 0.25) is 0 Å². The number of hydrogen-bond donors (Lipinski definition) is 1. The highest BCUT2D eigenvalue weighted by Gasteiger charge is 2.21. The van der Waals surface area contributed by atoms with E-state index >= 15 is 0 Å². The van der Waals surface area contributed by atoms with Gasteiger partial charge >= 0.3 is 6.03 Å². The molecule has 1 aliphatic heterocycles. The number of rotatable bonds is 5. The number of aryl methyl sites for hydroxylation is 1. The quantitative estimate of drug-likeness (QED) is 0.897. The van der Waals surface area contributed by atoms with Crippen molar-refractivity contribution in [2.45, 2.75) is 19.9 Å². The minimum atomic E-state index is 0.00167. The van der Waals surface area contributed by atoms with Crippen LogP contribution >= 0.6 is 0 Å². The fourth-order valence-corrected chi connectivity index (χ4v) is 3.14. The van der Waals surface area contributed by atoms with E-state index in [2.05, 4.69) is 41.4 Å². The largest absolute Gasteiger partial charge is 0.497 e. The molecule has 138 valence electrons. The van der Waals surface area contributed by atoms with Gasteiger partial charge in [0.2, 0.25) is 0 Å². The third-order valence-corrected chi connectivity index (χ3v) is 4.88. The summed E-state index contributed by atoms with van der Waals surface area (Å²) >= 11 is 0. The summed E-state index contributed by atoms with van der Waals surface area (Å²) in [4.78, 5) is 16.6. The van der Waals surface area contributed by atoms with Gasteiger partial charge in [-0.2, -0.15) is 0 Å². The van der Waals surface area contributed by atoms with Crippen molar-refractivity contribution in [3.05, 3.63) is 59.7 Å². The van der Waals surface area contributed by atoms with Crippen LogP contribution in [0.5, 0.6) is 5.75 Å². The summed E-state index contributed by atoms with van der Waals surface area (Å²) in [5.41, 5.74) is 3.65. The lowest BCUT2D eigenvalue weighted by Crippen LogP contribution is -2.51. The average Bonchev–Trinajstić information content (AvgIpc) is 2.72. The molecule has 0 radical (unpaired) electrons. The molecule has 26 heavy (non-hydrogen) atoms. The SMILES string of the molecule is CCc1ccc(N2CCN(C(=O)NCc3ccc(OC)cc3)CC2)cc1. The van der Waals surface area contributed by atoms with Gasteiger partial charge in [-0.1, -0.05) is 31.2 Å². The average molecular weight is 353 g/mol. The standard InChI is InChI=1S/C21H27N3O2/c1-3-17-4-8-19(9-5-17)23-12-14-24(15-13-23)21(25)22-16-18-6-10-20(26-2)11-7-18/h4-11H,3,12-16H2,1-2H3,(H,22,25). The van der Waals surface area contributed by atoms with E-state index in [1.165, 1.54) is 11.3 Å². The molecular formula is C21H27N3O2. The Hall–Kier alpha value is -2.69. The van der Waals surface area contributed by atoms with E-state index in [9.17, 15) is 4.79 Å². The first-order valence-electron chi connectivity index (χ1n) is 9.19. The van der Waals surface area contributed by atoms with Crippen LogP contribution in [0, 0.1) is 0 Å². The van der Waals surface area contributed by atoms with E-state index in [1.807, 2.05) is 29.2 Å². The fraction of sp³-hybridized carbons (Fsp3) is 0.381. The minimum Gasteiger partial charge on any atom is -0.497 e. The number of anilines is 1. The molecule has 1 heterocycles. The van der Waals surface area contributed by atoms with Crippen molar-refractivity contribution in [3.8, 4) is 5.75 Å². The maximum absolute atomic E-state index is 12.4. The Labute approximate surface area is 155 Å². The maximum atomic E-state index is 12.4. The van der Waals surface area contributed by atoms with Crippen LogP contribution in [0.3, 0.4) is 0 Å². The zero-order chi connectivity index (χ0) is 18.4. The fourth-order valence-electron chi connectivity index (χ4n) is 3.14. The van der Waals surface area contributed by atoms with Crippen LogP contribution in [0.15, 0.2) is 48.5 Å². The number of benzene rings is 2. The Kier molecular flexibility index (Phi) is 6.00. The molecule has 2 amide bonds. The van der Waals surface area contributed by atoms with E-state index in [1.54, 1.807) is 7.11 Å². The summed E-state index contributed by atoms with van der Waals surface area (Å²) in [6, 6.07) is 16.5. The van der Waals surface area contributed by atoms with Gasteiger partial charge in [0.05, 0.1) is 7.11 Å². The van der Waals surface area contributed by atoms with Crippen LogP contribution in [0.1, 0.15) is 18.1 Å². The maximum Gasteiger partial charge on any atom is 0.317 e. The second-order valence-corrected chi connectivity index (χ2v) is 6.50. The summed E-state index contributed by atoms with van der Waals surface area (Å²) in [6.45, 7) is 5.90. The molecule has 0 atom stereocenters. The molecule has 2 aromatic rings. The van der Waals surface area contributed by atoms with Crippen molar-refractivity contribution in [1.29, 1.82) is 0 Å². The zero-order valence-electron chi connectivity index (χ0n) is 15.6. The molecule has 0 aliphatic carbocycles. The molecule has 0 spiro atoms. The third-order valence-electron chi connectivity index (χ3n) is 4.88. The number of ether oxygens (including phenoxy) is 1. The van der Waals surface area contributed by atoms with Crippen LogP contribution in [0.25, 0.3) is 0 Å². The number of urea groups is 1. The van der Waals surface area contributed by atoms with Gasteiger partial charge in [-0.25, -0.2) is 4.79 Å². The Bertz CT molecular complexity index is 705. The molecule has 2 aromatic carbocycles. The van der Waals surface area contributed by atoms with E-state index in [0.29, 0.717) is 6.54 Å². The number of carbonyl (C=O) groups excluding carboxylic acids is 1. The first-order valence-corrected chi connectivity index (χ1v) is 9.19. The number of amides is 2. The first-order chi connectivity index (χ1) is 12.7. The number of hydrogen-bond acceptors (Lipinski definition) is 3. The van der Waals surface area contributed by atoms with Crippen molar-refractivity contribution >= 4 is 11.7 Å². The lowest BCUT2D eigenvalue weighted by molar-refractivity contribution is 0.194. The predicted molar refractivity (Wildman–Crippen MR) is 105 cm³/mol. The third kappa shape index (κ3) is 4.48. The number of nitrogens with one attached hydrogen (secondary N) is 1. The normalized spacial score (nSPS) is 14.2. The highest BCUT2D eigenvalue weighted by atomic mass is 16.5. The second kappa shape index (κ2) is 8.61. The topological polar surface area (TPSA) is 44.8 Å². The first kappa shape index (κ1) is 18.1. The molecule has 1 saturated heterocycles. The van der Waals surface area contributed by atoms with E-state index in [-0.39, 0.29) is 6.03 Å². The molecule has 5 nitrogen and oxygen atoms in total. The summed E-state index contributed by atoms with van der Waals surface area (Å²) in [5, 5.41) is 3.00. The minimum absolute atomic E-state index is 0.00167. The lowest BCUT2D eigenvalue weighted by Gasteiger charge is -2.36. The van der Waals surface area contributed by atoms with Gasteiger partial charge < -0.3 is 19.9 Å². The van der Waals surface area contributed by atoms with Crippen molar-refractivity contribution in [1.82, 2.24) is 10.2 Å². The Morgan fingerprint density at radius 2 is 1.58 bits per heavy atom. The number of methoxy groups -OCH3 is 1. The zero-order valence-corrected chi connectivity index (χ0v) is 15.6. The highest BCUT2D eigenvalue weighted by molar-refractivity contribution is 5.74. The molecule has 0 bridgehead atoms. The molecule has 1 fully saturated rings. The number of nitrogens with zero attached hydrogens (tertiary/aromatic N) is 2. The molecule has 3 rings (SSSR count). The van der Waals surface area contributed by atoms with Gasteiger partial charge in [0.15, 0.2) is 0 Å². The van der Waals surface area contributed by atoms with E-state index < -0.39 is 0 Å². The Balaban J connectivity index is 1.46. The highest BCUT2D eigenvalue weighted by Crippen LogP contribution is 2.18. The number of piperazine rings is 1. The second-order valence-electron chi connectivity index (χ2n) is 6.50. The van der Waals surface area contributed by atoms with Gasteiger partial charge in [0.1, 0.15) is 5.75 Å². The van der Waals surface area contributed by atoms with Gasteiger partial charge in [-0.15, -0.1) is 0 Å². The van der Waals surface area contributed by atoms with Crippen molar-refractivity contribution in [3.63, 3.8) is 0 Å². The number of carbonyl (C=O) groups is 1. The molecule has 0 aromatic heterocycles. The van der Waals surface area contributed by atoms with E-state index in [4.69, 9.17) is 4.74 Å². The van der Waals surface area contributed by atoms with E-state index in [0.717, 1.165) is 43.9 Å². The molecule has 5 heteroatoms. The van der Waals surface area contributed by atoms with Gasteiger partial charge in [-0.3, -0.25) is 0 Å². The van der Waals surface area contributed by atoms with Crippen LogP contribution < -0.4 is 15.0 Å². The summed E-state index contributed by atoms with van der Waals surface area (Å²) in [6.07, 6.45) is 1.06. The van der Waals surface area contributed by atoms with Gasteiger partial charge in [0, 0.05) is 38.4 Å². The Morgan fingerprint density at radius 1 is 0.962 bits per heavy atom. The smallest absolute Gasteiger partial charge is 0.317 e. The molecule has 1 aliphatic rings. The summed E-state index contributed by atoms with van der Waals surface area (Å²) < 4.78 is 5.15. The van der Waals surface area contributed by atoms with Crippen molar-refractivity contribution < 1.29 is 9.53 Å². The van der Waals surface area contributed by atoms with Crippen LogP contribution in [-0.4, -0.2) is 44.2 Å². The van der Waals surface area contributed by atoms with Gasteiger partial charge in [0.25, 0.3) is 0 Å². The molecule has 1 N–H and O–H groups in total. The molecule has 0 saturated carbocycles. The summed E-state index contributed by atoms with van der Waals surface area (Å²) in [5.74, 6) is 0.822. The molecular weight excluding hydrogens is 326 g/mol. The summed E-state index contributed by atoms with van der Waals surface area (Å²) in [7, 11) is 1.65. The monoisotopic (exact) mass is 353 g/mol. The predicted octanol–water partition coefficient (Wildman–Crippen LogP) is 3.29. The van der Waals surface area contributed by atoms with Crippen molar-refractivity contribution in [2.24, 2.45) is 0 Å². The molecule has 0 unspecified atom stereocenters. The van der Waals surface area contributed by atoms with Crippen LogP contribution in [0.4, 0.5) is 10.5 Å². The Morgan fingerprint density at radius 3 is 2.15 bits per heavy atom. The van der Waals surface area contributed by atoms with Crippen LogP contribution in [-0.2, 0) is 13.0 Å².